The van der Waals surface area contributed by atoms with E-state index in [1.807, 2.05) is 6.07 Å². The molecule has 1 aromatic carbocycles. The van der Waals surface area contributed by atoms with Gasteiger partial charge in [-0.1, -0.05) is 12.1 Å². The van der Waals surface area contributed by atoms with Crippen LogP contribution >= 0.6 is 0 Å². The van der Waals surface area contributed by atoms with Crippen LogP contribution in [0.3, 0.4) is 0 Å². The molecule has 0 aromatic heterocycles. The molecule has 0 saturated carbocycles. The van der Waals surface area contributed by atoms with Crippen LogP contribution in [0.1, 0.15) is 18.4 Å². The van der Waals surface area contributed by atoms with Gasteiger partial charge in [-0.25, -0.2) is 0 Å². The first-order valence-electron chi connectivity index (χ1n) is 8.33. The van der Waals surface area contributed by atoms with Gasteiger partial charge in [-0.05, 0) is 25.5 Å². The molecule has 2 aliphatic rings. The van der Waals surface area contributed by atoms with E-state index in [0.29, 0.717) is 0 Å². The van der Waals surface area contributed by atoms with E-state index in [-0.39, 0.29) is 6.10 Å². The number of piperidine rings is 1. The van der Waals surface area contributed by atoms with Crippen molar-refractivity contribution in [1.29, 1.82) is 0 Å². The summed E-state index contributed by atoms with van der Waals surface area (Å²) in [7, 11) is 1.74. The maximum Gasteiger partial charge on any atom is 0.165 e. The van der Waals surface area contributed by atoms with Gasteiger partial charge in [-0.15, -0.1) is 0 Å². The first-order valence-corrected chi connectivity index (χ1v) is 8.33. The van der Waals surface area contributed by atoms with Gasteiger partial charge in [0.15, 0.2) is 11.5 Å². The number of para-hydroxylation sites is 1. The van der Waals surface area contributed by atoms with Crippen molar-refractivity contribution in [1.82, 2.24) is 15.5 Å². The smallest absolute Gasteiger partial charge is 0.165 e. The minimum Gasteiger partial charge on any atom is -0.493 e. The molecule has 0 radical (unpaired) electrons. The largest absolute Gasteiger partial charge is 0.493 e. The zero-order valence-electron chi connectivity index (χ0n) is 13.4. The third-order valence-corrected chi connectivity index (χ3v) is 4.41. The van der Waals surface area contributed by atoms with Gasteiger partial charge >= 0.3 is 0 Å². The monoisotopic (exact) mass is 305 g/mol. The van der Waals surface area contributed by atoms with E-state index in [9.17, 15) is 0 Å². The summed E-state index contributed by atoms with van der Waals surface area (Å²) in [6, 6.07) is 6.24. The third-order valence-electron chi connectivity index (χ3n) is 4.41. The van der Waals surface area contributed by atoms with E-state index < -0.39 is 0 Å². The minimum absolute atomic E-state index is 0.247. The Bertz CT molecular complexity index is 431. The van der Waals surface area contributed by atoms with Crippen LogP contribution in [0.25, 0.3) is 0 Å². The molecular weight excluding hydrogens is 278 g/mol. The Morgan fingerprint density at radius 2 is 2.05 bits per heavy atom. The lowest BCUT2D eigenvalue weighted by Gasteiger charge is -2.29. The van der Waals surface area contributed by atoms with E-state index in [2.05, 4.69) is 27.7 Å². The van der Waals surface area contributed by atoms with Crippen molar-refractivity contribution in [2.75, 3.05) is 46.4 Å². The zero-order chi connectivity index (χ0) is 15.2. The average Bonchev–Trinajstić information content (AvgIpc) is 2.57. The molecule has 22 heavy (non-hydrogen) atoms. The number of nitrogens with one attached hydrogen (secondary N) is 2. The number of methoxy groups -OCH3 is 1. The Kier molecular flexibility index (Phi) is 5.53. The van der Waals surface area contributed by atoms with Gasteiger partial charge in [0.25, 0.3) is 0 Å². The predicted molar refractivity (Wildman–Crippen MR) is 87.7 cm³/mol. The van der Waals surface area contributed by atoms with Gasteiger partial charge in [0.05, 0.1) is 7.11 Å². The summed E-state index contributed by atoms with van der Waals surface area (Å²) in [5.74, 6) is 1.77. The van der Waals surface area contributed by atoms with E-state index in [1.54, 1.807) is 7.11 Å². The van der Waals surface area contributed by atoms with Gasteiger partial charge < -0.3 is 20.1 Å². The molecule has 1 aromatic rings. The van der Waals surface area contributed by atoms with Crippen LogP contribution in [0, 0.1) is 0 Å². The van der Waals surface area contributed by atoms with Crippen molar-refractivity contribution in [3.63, 3.8) is 0 Å². The molecule has 2 aliphatic heterocycles. The Balaban J connectivity index is 1.71. The number of hydrogen-bond acceptors (Lipinski definition) is 5. The fraction of sp³-hybridized carbons (Fsp3) is 0.647. The topological polar surface area (TPSA) is 45.8 Å². The van der Waals surface area contributed by atoms with Crippen LogP contribution in [-0.2, 0) is 6.54 Å². The van der Waals surface area contributed by atoms with Crippen molar-refractivity contribution in [2.24, 2.45) is 0 Å². The highest BCUT2D eigenvalue weighted by Gasteiger charge is 2.19. The second-order valence-corrected chi connectivity index (χ2v) is 6.06. The lowest BCUT2D eigenvalue weighted by atomic mass is 10.1. The standard InChI is InChI=1S/C17H27N3O2/c1-21-17-14(13-20-10-8-18-9-11-20)4-2-6-16(17)22-15-5-3-7-19-12-15/h2,4,6,15,18-19H,3,5,7-13H2,1H3. The second kappa shape index (κ2) is 7.81. The lowest BCUT2D eigenvalue weighted by Crippen LogP contribution is -2.42. The molecule has 0 aliphatic carbocycles. The normalized spacial score (nSPS) is 23.2. The Morgan fingerprint density at radius 1 is 1.18 bits per heavy atom. The van der Waals surface area contributed by atoms with Crippen molar-refractivity contribution in [3.8, 4) is 11.5 Å². The molecule has 2 N–H and O–H groups in total. The molecule has 0 amide bonds. The van der Waals surface area contributed by atoms with Crippen molar-refractivity contribution in [3.05, 3.63) is 23.8 Å². The quantitative estimate of drug-likeness (QED) is 0.857. The third kappa shape index (κ3) is 3.91. The van der Waals surface area contributed by atoms with E-state index in [0.717, 1.165) is 63.7 Å². The molecule has 5 nitrogen and oxygen atoms in total. The summed E-state index contributed by atoms with van der Waals surface area (Å²) in [5, 5.41) is 6.78. The number of ether oxygens (including phenoxy) is 2. The van der Waals surface area contributed by atoms with Crippen LogP contribution < -0.4 is 20.1 Å². The zero-order valence-corrected chi connectivity index (χ0v) is 13.4. The Morgan fingerprint density at radius 3 is 2.77 bits per heavy atom. The Labute approximate surface area is 133 Å². The molecule has 1 atom stereocenters. The van der Waals surface area contributed by atoms with Crippen molar-refractivity contribution >= 4 is 0 Å². The van der Waals surface area contributed by atoms with Crippen LogP contribution in [0.5, 0.6) is 11.5 Å². The fourth-order valence-electron chi connectivity index (χ4n) is 3.22. The molecule has 2 fully saturated rings. The highest BCUT2D eigenvalue weighted by molar-refractivity contribution is 5.46. The fourth-order valence-corrected chi connectivity index (χ4v) is 3.22. The van der Waals surface area contributed by atoms with Gasteiger partial charge in [0.1, 0.15) is 6.10 Å². The van der Waals surface area contributed by atoms with Crippen LogP contribution in [0.2, 0.25) is 0 Å². The van der Waals surface area contributed by atoms with Gasteiger partial charge in [-0.3, -0.25) is 4.90 Å². The predicted octanol–water partition coefficient (Wildman–Crippen LogP) is 1.23. The first-order chi connectivity index (χ1) is 10.9. The van der Waals surface area contributed by atoms with Gasteiger partial charge in [0, 0.05) is 44.8 Å². The summed E-state index contributed by atoms with van der Waals surface area (Å²) in [6.07, 6.45) is 2.53. The summed E-state index contributed by atoms with van der Waals surface area (Å²) in [5.41, 5.74) is 1.21. The highest BCUT2D eigenvalue weighted by atomic mass is 16.5. The maximum absolute atomic E-state index is 6.19. The second-order valence-electron chi connectivity index (χ2n) is 6.06. The van der Waals surface area contributed by atoms with Gasteiger partial charge in [0.2, 0.25) is 0 Å². The van der Waals surface area contributed by atoms with Gasteiger partial charge in [-0.2, -0.15) is 0 Å². The average molecular weight is 305 g/mol. The molecule has 0 spiro atoms. The SMILES string of the molecule is COc1c(CN2CCNCC2)cccc1OC1CCCNC1. The van der Waals surface area contributed by atoms with Crippen LogP contribution in [-0.4, -0.2) is 57.4 Å². The molecule has 122 valence electrons. The van der Waals surface area contributed by atoms with Crippen LogP contribution in [0.15, 0.2) is 18.2 Å². The first kappa shape index (κ1) is 15.6. The number of rotatable bonds is 5. The van der Waals surface area contributed by atoms with Crippen molar-refractivity contribution in [2.45, 2.75) is 25.5 Å². The Hall–Kier alpha value is -1.30. The maximum atomic E-state index is 6.19. The lowest BCUT2D eigenvalue weighted by molar-refractivity contribution is 0.160. The number of nitrogens with zero attached hydrogens (tertiary/aromatic N) is 1. The molecule has 0 bridgehead atoms. The molecule has 1 unspecified atom stereocenters. The van der Waals surface area contributed by atoms with E-state index in [4.69, 9.17) is 9.47 Å². The molecule has 2 saturated heterocycles. The minimum atomic E-state index is 0.247. The van der Waals surface area contributed by atoms with Crippen LogP contribution in [0.4, 0.5) is 0 Å². The molecule has 3 rings (SSSR count). The molecular formula is C17H27N3O2. The summed E-state index contributed by atoms with van der Waals surface area (Å²) in [4.78, 5) is 2.46. The summed E-state index contributed by atoms with van der Waals surface area (Å²) in [6.45, 7) is 7.23. The number of hydrogen-bond donors (Lipinski definition) is 2. The summed E-state index contributed by atoms with van der Waals surface area (Å²) >= 11 is 0. The molecule has 5 heteroatoms. The number of benzene rings is 1. The summed E-state index contributed by atoms with van der Waals surface area (Å²) < 4.78 is 11.9. The van der Waals surface area contributed by atoms with E-state index >= 15 is 0 Å². The molecule has 2 heterocycles. The highest BCUT2D eigenvalue weighted by Crippen LogP contribution is 2.33. The van der Waals surface area contributed by atoms with Crippen molar-refractivity contribution < 1.29 is 9.47 Å². The van der Waals surface area contributed by atoms with E-state index in [1.165, 1.54) is 12.0 Å². The number of piperazine rings is 1.